The summed E-state index contributed by atoms with van der Waals surface area (Å²) in [5.74, 6) is -0.292. The highest BCUT2D eigenvalue weighted by Crippen LogP contribution is 2.23. The van der Waals surface area contributed by atoms with E-state index < -0.39 is 0 Å². The van der Waals surface area contributed by atoms with Gasteiger partial charge in [0.05, 0.1) is 17.6 Å². The minimum Gasteiger partial charge on any atom is -0.266 e. The van der Waals surface area contributed by atoms with Crippen molar-refractivity contribution in [1.29, 1.82) is 0 Å². The number of rotatable bonds is 4. The largest absolute Gasteiger partial charge is 0.290 e. The summed E-state index contributed by atoms with van der Waals surface area (Å²) < 4.78 is 1.66. The van der Waals surface area contributed by atoms with Crippen molar-refractivity contribution in [2.45, 2.75) is 26.2 Å². The van der Waals surface area contributed by atoms with Crippen molar-refractivity contribution in [2.75, 3.05) is 0 Å². The number of aromatic nitrogens is 2. The van der Waals surface area contributed by atoms with Crippen LogP contribution in [-0.2, 0) is 5.41 Å². The number of hydrogen-bond acceptors (Lipinski definition) is 4. The van der Waals surface area contributed by atoms with Crippen LogP contribution in [0.2, 0.25) is 0 Å². The van der Waals surface area contributed by atoms with Crippen LogP contribution in [0, 0.1) is 0 Å². The molecule has 0 bridgehead atoms. The smallest absolute Gasteiger partial charge is 0.266 e. The summed E-state index contributed by atoms with van der Waals surface area (Å²) in [6, 6.07) is 15.3. The molecule has 3 rings (SSSR count). The zero-order valence-electron chi connectivity index (χ0n) is 14.4. The van der Waals surface area contributed by atoms with Crippen LogP contribution in [0.25, 0.3) is 5.69 Å². The lowest BCUT2D eigenvalue weighted by atomic mass is 9.92. The van der Waals surface area contributed by atoms with Gasteiger partial charge >= 0.3 is 0 Å². The average Bonchev–Trinajstić information content (AvgIpc) is 3.24. The van der Waals surface area contributed by atoms with Crippen LogP contribution in [0.5, 0.6) is 0 Å². The summed E-state index contributed by atoms with van der Waals surface area (Å²) in [6.07, 6.45) is 1.64. The number of carbonyl (C=O) groups is 1. The average molecular weight is 352 g/mol. The molecule has 25 heavy (non-hydrogen) atoms. The summed E-state index contributed by atoms with van der Waals surface area (Å²) >= 11 is 1.56. The Labute approximate surface area is 151 Å². The van der Waals surface area contributed by atoms with E-state index in [1.54, 1.807) is 22.2 Å². The molecule has 0 aliphatic rings. The number of para-hydroxylation sites is 1. The first-order chi connectivity index (χ1) is 11.9. The molecule has 128 valence electrons. The Morgan fingerprint density at radius 3 is 2.60 bits per heavy atom. The van der Waals surface area contributed by atoms with Gasteiger partial charge < -0.3 is 0 Å². The second-order valence-corrected chi connectivity index (χ2v) is 7.61. The number of hydrogen-bond donors (Lipinski definition) is 1. The second kappa shape index (κ2) is 7.03. The van der Waals surface area contributed by atoms with Crippen molar-refractivity contribution < 1.29 is 4.79 Å². The van der Waals surface area contributed by atoms with E-state index in [0.29, 0.717) is 5.69 Å². The molecule has 0 fully saturated rings. The van der Waals surface area contributed by atoms with E-state index >= 15 is 0 Å². The zero-order valence-corrected chi connectivity index (χ0v) is 15.2. The van der Waals surface area contributed by atoms with Crippen LogP contribution in [0.15, 0.2) is 59.0 Å². The van der Waals surface area contributed by atoms with Crippen molar-refractivity contribution in [3.05, 3.63) is 70.2 Å². The van der Waals surface area contributed by atoms with Crippen LogP contribution in [-0.4, -0.2) is 21.9 Å². The maximum Gasteiger partial charge on any atom is 0.290 e. The number of nitrogens with one attached hydrogen (secondary N) is 1. The third-order valence-corrected chi connectivity index (χ3v) is 4.42. The van der Waals surface area contributed by atoms with Crippen molar-refractivity contribution in [3.63, 3.8) is 0 Å². The third kappa shape index (κ3) is 4.03. The minimum atomic E-state index is -0.292. The van der Waals surface area contributed by atoms with E-state index in [4.69, 9.17) is 0 Å². The highest BCUT2D eigenvalue weighted by atomic mass is 32.1. The van der Waals surface area contributed by atoms with Crippen molar-refractivity contribution in [2.24, 2.45) is 5.10 Å². The summed E-state index contributed by atoms with van der Waals surface area (Å²) in [4.78, 5) is 13.6. The molecule has 1 N–H and O–H groups in total. The lowest BCUT2D eigenvalue weighted by molar-refractivity contribution is 0.0947. The lowest BCUT2D eigenvalue weighted by Gasteiger charge is -2.14. The molecule has 0 saturated heterocycles. The highest BCUT2D eigenvalue weighted by molar-refractivity contribution is 7.11. The van der Waals surface area contributed by atoms with Gasteiger partial charge in [-0.25, -0.2) is 10.1 Å². The van der Waals surface area contributed by atoms with Crippen molar-refractivity contribution >= 4 is 23.5 Å². The topological polar surface area (TPSA) is 59.3 Å². The van der Waals surface area contributed by atoms with Crippen molar-refractivity contribution in [3.8, 4) is 5.69 Å². The SMILES string of the molecule is CC(C)(C)c1cc(C(=O)N/N=C\c2cccs2)n(-c2ccccc2)n1. The van der Waals surface area contributed by atoms with Gasteiger partial charge in [0.15, 0.2) is 0 Å². The van der Waals surface area contributed by atoms with E-state index in [1.807, 2.05) is 53.9 Å². The molecular formula is C19H20N4OS. The first kappa shape index (κ1) is 17.1. The summed E-state index contributed by atoms with van der Waals surface area (Å²) in [5.41, 5.74) is 4.58. The van der Waals surface area contributed by atoms with Gasteiger partial charge in [0.25, 0.3) is 5.91 Å². The fourth-order valence-corrected chi connectivity index (χ4v) is 2.84. The highest BCUT2D eigenvalue weighted by Gasteiger charge is 2.23. The molecule has 3 aromatic rings. The van der Waals surface area contributed by atoms with E-state index in [-0.39, 0.29) is 11.3 Å². The Morgan fingerprint density at radius 1 is 1.20 bits per heavy atom. The summed E-state index contributed by atoms with van der Waals surface area (Å²) in [6.45, 7) is 6.21. The Hall–Kier alpha value is -2.73. The molecule has 0 spiro atoms. The number of benzene rings is 1. The van der Waals surface area contributed by atoms with Gasteiger partial charge in [-0.1, -0.05) is 45.0 Å². The Balaban J connectivity index is 1.91. The van der Waals surface area contributed by atoms with E-state index in [2.05, 4.69) is 36.4 Å². The van der Waals surface area contributed by atoms with Crippen LogP contribution >= 0.6 is 11.3 Å². The fourth-order valence-electron chi connectivity index (χ4n) is 2.25. The number of amides is 1. The quantitative estimate of drug-likeness (QED) is 0.570. The van der Waals surface area contributed by atoms with Gasteiger partial charge in [0, 0.05) is 10.3 Å². The summed E-state index contributed by atoms with van der Waals surface area (Å²) in [5, 5.41) is 10.6. The number of carbonyl (C=O) groups excluding carboxylic acids is 1. The van der Waals surface area contributed by atoms with E-state index in [0.717, 1.165) is 16.3 Å². The standard InChI is InChI=1S/C19H20N4OS/c1-19(2,3)17-12-16(23(22-17)14-8-5-4-6-9-14)18(24)21-20-13-15-10-7-11-25-15/h4-13H,1-3H3,(H,21,24)/b20-13-. The van der Waals surface area contributed by atoms with Crippen LogP contribution < -0.4 is 5.43 Å². The molecular weight excluding hydrogens is 332 g/mol. The monoisotopic (exact) mass is 352 g/mol. The first-order valence-electron chi connectivity index (χ1n) is 7.98. The molecule has 6 heteroatoms. The van der Waals surface area contributed by atoms with Gasteiger partial charge in [-0.05, 0) is 29.6 Å². The fraction of sp³-hybridized carbons (Fsp3) is 0.211. The number of nitrogens with zero attached hydrogens (tertiary/aromatic N) is 3. The molecule has 1 aromatic carbocycles. The molecule has 0 saturated carbocycles. The van der Waals surface area contributed by atoms with Crippen LogP contribution in [0.1, 0.15) is 41.8 Å². The van der Waals surface area contributed by atoms with Crippen LogP contribution in [0.4, 0.5) is 0 Å². The number of thiophene rings is 1. The second-order valence-electron chi connectivity index (χ2n) is 6.63. The molecule has 0 atom stereocenters. The minimum absolute atomic E-state index is 0.157. The third-order valence-electron chi connectivity index (χ3n) is 3.61. The predicted octanol–water partition coefficient (Wildman–Crippen LogP) is 4.00. The maximum absolute atomic E-state index is 12.6. The molecule has 0 radical (unpaired) electrons. The summed E-state index contributed by atoms with van der Waals surface area (Å²) in [7, 11) is 0. The number of hydrazone groups is 1. The predicted molar refractivity (Wildman–Crippen MR) is 102 cm³/mol. The Bertz CT molecular complexity index is 874. The van der Waals surface area contributed by atoms with Gasteiger partial charge in [0.2, 0.25) is 0 Å². The Morgan fingerprint density at radius 2 is 1.96 bits per heavy atom. The molecule has 0 unspecified atom stereocenters. The maximum atomic E-state index is 12.6. The van der Waals surface area contributed by atoms with Gasteiger partial charge in [-0.2, -0.15) is 10.2 Å². The zero-order chi connectivity index (χ0) is 17.9. The van der Waals surface area contributed by atoms with E-state index in [1.165, 1.54) is 0 Å². The first-order valence-corrected chi connectivity index (χ1v) is 8.86. The van der Waals surface area contributed by atoms with Crippen LogP contribution in [0.3, 0.4) is 0 Å². The molecule has 2 heterocycles. The van der Waals surface area contributed by atoms with E-state index in [9.17, 15) is 4.79 Å². The van der Waals surface area contributed by atoms with Gasteiger partial charge in [-0.15, -0.1) is 11.3 Å². The molecule has 5 nitrogen and oxygen atoms in total. The lowest BCUT2D eigenvalue weighted by Crippen LogP contribution is -2.21. The van der Waals surface area contributed by atoms with Crippen molar-refractivity contribution in [1.82, 2.24) is 15.2 Å². The molecule has 0 aliphatic carbocycles. The van der Waals surface area contributed by atoms with Gasteiger partial charge in [-0.3, -0.25) is 4.79 Å². The van der Waals surface area contributed by atoms with Gasteiger partial charge in [0.1, 0.15) is 5.69 Å². The Kier molecular flexibility index (Phi) is 4.81. The normalized spacial score (nSPS) is 11.8. The molecule has 0 aliphatic heterocycles. The molecule has 1 amide bonds. The molecule has 2 aromatic heterocycles.